The fourth-order valence-corrected chi connectivity index (χ4v) is 1.96. The SMILES string of the molecule is [B]c1ccc2ncc(N3CCOCC3)nc2c1. The summed E-state index contributed by atoms with van der Waals surface area (Å²) in [5.74, 6) is 0.895. The Hall–Kier alpha value is -1.62. The van der Waals surface area contributed by atoms with E-state index in [0.717, 1.165) is 43.2 Å². The van der Waals surface area contributed by atoms with Crippen molar-refractivity contribution in [2.24, 2.45) is 0 Å². The van der Waals surface area contributed by atoms with E-state index in [1.165, 1.54) is 0 Å². The zero-order chi connectivity index (χ0) is 11.7. The van der Waals surface area contributed by atoms with Crippen LogP contribution in [-0.4, -0.2) is 44.1 Å². The molecule has 0 bridgehead atoms. The molecule has 2 aromatic rings. The first-order valence-electron chi connectivity index (χ1n) is 5.68. The lowest BCUT2D eigenvalue weighted by Gasteiger charge is -2.27. The number of fused-ring (bicyclic) bond motifs is 1. The molecule has 5 heteroatoms. The first kappa shape index (κ1) is 10.5. The van der Waals surface area contributed by atoms with E-state index in [9.17, 15) is 0 Å². The van der Waals surface area contributed by atoms with E-state index in [0.29, 0.717) is 5.46 Å². The van der Waals surface area contributed by atoms with Gasteiger partial charge in [0.2, 0.25) is 0 Å². The maximum absolute atomic E-state index is 5.75. The van der Waals surface area contributed by atoms with Crippen LogP contribution < -0.4 is 10.4 Å². The fraction of sp³-hybridized carbons (Fsp3) is 0.333. The molecule has 1 fully saturated rings. The van der Waals surface area contributed by atoms with Crippen molar-refractivity contribution in [1.29, 1.82) is 0 Å². The molecule has 0 unspecified atom stereocenters. The van der Waals surface area contributed by atoms with Crippen molar-refractivity contribution in [3.8, 4) is 0 Å². The molecule has 0 spiro atoms. The van der Waals surface area contributed by atoms with Crippen molar-refractivity contribution in [2.75, 3.05) is 31.2 Å². The second kappa shape index (κ2) is 4.33. The number of ether oxygens (including phenoxy) is 1. The van der Waals surface area contributed by atoms with Gasteiger partial charge in [-0.15, -0.1) is 0 Å². The van der Waals surface area contributed by atoms with Crippen LogP contribution in [0.25, 0.3) is 11.0 Å². The summed E-state index contributed by atoms with van der Waals surface area (Å²) in [6.07, 6.45) is 1.81. The summed E-state index contributed by atoms with van der Waals surface area (Å²) in [5.41, 5.74) is 2.43. The van der Waals surface area contributed by atoms with Gasteiger partial charge in [0, 0.05) is 13.1 Å². The van der Waals surface area contributed by atoms with Gasteiger partial charge < -0.3 is 9.64 Å². The Bertz CT molecular complexity index is 540. The van der Waals surface area contributed by atoms with E-state index in [-0.39, 0.29) is 0 Å². The van der Waals surface area contributed by atoms with Crippen LogP contribution >= 0.6 is 0 Å². The van der Waals surface area contributed by atoms with E-state index >= 15 is 0 Å². The number of aromatic nitrogens is 2. The van der Waals surface area contributed by atoms with Crippen LogP contribution in [0.4, 0.5) is 5.82 Å². The number of nitrogens with zero attached hydrogens (tertiary/aromatic N) is 3. The van der Waals surface area contributed by atoms with Gasteiger partial charge in [-0.3, -0.25) is 4.98 Å². The molecule has 2 heterocycles. The Balaban J connectivity index is 1.99. The molecule has 2 radical (unpaired) electrons. The summed E-state index contributed by atoms with van der Waals surface area (Å²) in [6.45, 7) is 3.22. The zero-order valence-electron chi connectivity index (χ0n) is 9.47. The van der Waals surface area contributed by atoms with Gasteiger partial charge in [0.05, 0.1) is 30.4 Å². The third kappa shape index (κ3) is 2.10. The number of benzene rings is 1. The Labute approximate surface area is 101 Å². The molecule has 1 aromatic heterocycles. The average Bonchev–Trinajstić information content (AvgIpc) is 2.39. The molecule has 1 aliphatic heterocycles. The van der Waals surface area contributed by atoms with Gasteiger partial charge in [-0.05, 0) is 12.1 Å². The molecule has 0 aliphatic carbocycles. The van der Waals surface area contributed by atoms with Gasteiger partial charge in [0.25, 0.3) is 0 Å². The van der Waals surface area contributed by atoms with Crippen LogP contribution in [0.3, 0.4) is 0 Å². The summed E-state index contributed by atoms with van der Waals surface area (Å²) in [4.78, 5) is 11.2. The summed E-state index contributed by atoms with van der Waals surface area (Å²) in [7, 11) is 5.75. The van der Waals surface area contributed by atoms with Crippen LogP contribution in [0.5, 0.6) is 0 Å². The molecule has 1 aliphatic rings. The molecule has 0 atom stereocenters. The lowest BCUT2D eigenvalue weighted by atomic mass is 9.96. The molecule has 1 aromatic carbocycles. The number of hydrogen-bond acceptors (Lipinski definition) is 4. The Morgan fingerprint density at radius 2 is 2.00 bits per heavy atom. The molecule has 3 rings (SSSR count). The summed E-state index contributed by atoms with van der Waals surface area (Å²) >= 11 is 0. The lowest BCUT2D eigenvalue weighted by molar-refractivity contribution is 0.122. The van der Waals surface area contributed by atoms with Gasteiger partial charge in [-0.1, -0.05) is 11.5 Å². The van der Waals surface area contributed by atoms with Crippen LogP contribution in [0.2, 0.25) is 0 Å². The monoisotopic (exact) mass is 225 g/mol. The van der Waals surface area contributed by atoms with Crippen LogP contribution in [0, 0.1) is 0 Å². The molecular weight excluding hydrogens is 213 g/mol. The van der Waals surface area contributed by atoms with Crippen LogP contribution in [-0.2, 0) is 4.74 Å². The minimum Gasteiger partial charge on any atom is -0.378 e. The molecule has 0 N–H and O–H groups in total. The Morgan fingerprint density at radius 3 is 2.82 bits per heavy atom. The lowest BCUT2D eigenvalue weighted by Crippen LogP contribution is -2.36. The zero-order valence-corrected chi connectivity index (χ0v) is 9.47. The predicted molar refractivity (Wildman–Crippen MR) is 68.0 cm³/mol. The smallest absolute Gasteiger partial charge is 0.148 e. The van der Waals surface area contributed by atoms with Gasteiger partial charge >= 0.3 is 0 Å². The second-order valence-corrected chi connectivity index (χ2v) is 4.08. The van der Waals surface area contributed by atoms with Gasteiger partial charge in [0.15, 0.2) is 0 Å². The first-order valence-corrected chi connectivity index (χ1v) is 5.68. The van der Waals surface area contributed by atoms with E-state index < -0.39 is 0 Å². The minimum atomic E-state index is 0.714. The highest BCUT2D eigenvalue weighted by molar-refractivity contribution is 6.33. The van der Waals surface area contributed by atoms with Gasteiger partial charge in [0.1, 0.15) is 13.7 Å². The van der Waals surface area contributed by atoms with Crippen molar-refractivity contribution < 1.29 is 4.74 Å². The van der Waals surface area contributed by atoms with E-state index in [1.54, 1.807) is 0 Å². The number of anilines is 1. The van der Waals surface area contributed by atoms with E-state index in [2.05, 4.69) is 14.9 Å². The molecule has 1 saturated heterocycles. The van der Waals surface area contributed by atoms with Crippen molar-refractivity contribution in [3.05, 3.63) is 24.4 Å². The van der Waals surface area contributed by atoms with Gasteiger partial charge in [-0.2, -0.15) is 0 Å². The molecular formula is C12H12BN3O. The van der Waals surface area contributed by atoms with Gasteiger partial charge in [-0.25, -0.2) is 4.98 Å². The second-order valence-electron chi connectivity index (χ2n) is 4.08. The topological polar surface area (TPSA) is 38.2 Å². The highest BCUT2D eigenvalue weighted by Gasteiger charge is 2.13. The Morgan fingerprint density at radius 1 is 1.18 bits per heavy atom. The maximum atomic E-state index is 5.75. The largest absolute Gasteiger partial charge is 0.378 e. The summed E-state index contributed by atoms with van der Waals surface area (Å²) in [6, 6.07) is 5.58. The highest BCUT2D eigenvalue weighted by Crippen LogP contribution is 2.15. The van der Waals surface area contributed by atoms with Crippen molar-refractivity contribution in [2.45, 2.75) is 0 Å². The normalized spacial score (nSPS) is 16.4. The summed E-state index contributed by atoms with van der Waals surface area (Å²) < 4.78 is 5.32. The van der Waals surface area contributed by atoms with Crippen molar-refractivity contribution >= 4 is 30.2 Å². The molecule has 4 nitrogen and oxygen atoms in total. The van der Waals surface area contributed by atoms with Crippen molar-refractivity contribution in [3.63, 3.8) is 0 Å². The van der Waals surface area contributed by atoms with E-state index in [4.69, 9.17) is 12.6 Å². The third-order valence-corrected chi connectivity index (χ3v) is 2.89. The van der Waals surface area contributed by atoms with Crippen LogP contribution in [0.1, 0.15) is 0 Å². The minimum absolute atomic E-state index is 0.714. The molecule has 0 amide bonds. The molecule has 17 heavy (non-hydrogen) atoms. The number of morpholine rings is 1. The van der Waals surface area contributed by atoms with Crippen LogP contribution in [0.15, 0.2) is 24.4 Å². The average molecular weight is 225 g/mol. The molecule has 84 valence electrons. The quantitative estimate of drug-likeness (QED) is 0.652. The Kier molecular flexibility index (Phi) is 2.69. The highest BCUT2D eigenvalue weighted by atomic mass is 16.5. The maximum Gasteiger partial charge on any atom is 0.148 e. The van der Waals surface area contributed by atoms with Crippen molar-refractivity contribution in [1.82, 2.24) is 9.97 Å². The number of rotatable bonds is 1. The summed E-state index contributed by atoms with van der Waals surface area (Å²) in [5, 5.41) is 0. The fourth-order valence-electron chi connectivity index (χ4n) is 1.96. The standard InChI is InChI=1S/C12H12BN3O/c13-9-1-2-10-11(7-9)15-12(8-14-10)16-3-5-17-6-4-16/h1-2,7-8H,3-6H2. The first-order chi connectivity index (χ1) is 8.33. The van der Waals surface area contributed by atoms with E-state index in [1.807, 2.05) is 24.4 Å². The molecule has 0 saturated carbocycles. The third-order valence-electron chi connectivity index (χ3n) is 2.89. The number of hydrogen-bond donors (Lipinski definition) is 0. The predicted octanol–water partition coefficient (Wildman–Crippen LogP) is 0.260.